The maximum Gasteiger partial charge on any atom is 0.255 e. The molecule has 2 amide bonds. The van der Waals surface area contributed by atoms with E-state index >= 15 is 0 Å². The smallest absolute Gasteiger partial charge is 0.255 e. The Labute approximate surface area is 116 Å². The fourth-order valence-electron chi connectivity index (χ4n) is 2.26. The molecule has 3 rings (SSSR count). The molecule has 0 radical (unpaired) electrons. The third-order valence-corrected chi connectivity index (χ3v) is 3.23. The maximum absolute atomic E-state index is 12.5. The number of rotatable bonds is 2. The third kappa shape index (κ3) is 2.16. The van der Waals surface area contributed by atoms with Crippen LogP contribution in [0.3, 0.4) is 0 Å². The lowest BCUT2D eigenvalue weighted by Crippen LogP contribution is -2.53. The highest BCUT2D eigenvalue weighted by atomic mass is 16.2. The van der Waals surface area contributed by atoms with E-state index in [1.54, 1.807) is 24.0 Å². The molecule has 1 aromatic heterocycles. The Morgan fingerprint density at radius 3 is 2.60 bits per heavy atom. The Kier molecular flexibility index (Phi) is 2.98. The molecule has 0 aliphatic carbocycles. The maximum atomic E-state index is 12.5. The van der Waals surface area contributed by atoms with E-state index in [1.165, 1.54) is 4.90 Å². The summed E-state index contributed by atoms with van der Waals surface area (Å²) in [6, 6.07) is 10.3. The van der Waals surface area contributed by atoms with Crippen LogP contribution >= 0.6 is 0 Å². The molecule has 6 nitrogen and oxygen atoms in total. The zero-order chi connectivity index (χ0) is 14.1. The molecule has 1 aliphatic rings. The molecule has 102 valence electrons. The van der Waals surface area contributed by atoms with E-state index in [0.717, 1.165) is 5.56 Å². The molecule has 6 heteroatoms. The number of aromatic nitrogens is 2. The lowest BCUT2D eigenvalue weighted by atomic mass is 10.0. The highest BCUT2D eigenvalue weighted by molar-refractivity contribution is 6.06. The van der Waals surface area contributed by atoms with E-state index in [2.05, 4.69) is 10.4 Å². The van der Waals surface area contributed by atoms with Crippen LogP contribution in [0, 0.1) is 0 Å². The minimum atomic E-state index is -0.653. The summed E-state index contributed by atoms with van der Waals surface area (Å²) in [5.74, 6) is 0.131. The van der Waals surface area contributed by atoms with E-state index < -0.39 is 6.04 Å². The minimum absolute atomic E-state index is 0.000813. The number of nitrogens with one attached hydrogen (secondary N) is 1. The fourth-order valence-corrected chi connectivity index (χ4v) is 2.26. The topological polar surface area (TPSA) is 67.2 Å². The first-order chi connectivity index (χ1) is 9.65. The monoisotopic (exact) mass is 270 g/mol. The van der Waals surface area contributed by atoms with Crippen LogP contribution in [0.1, 0.15) is 11.6 Å². The van der Waals surface area contributed by atoms with Crippen molar-refractivity contribution in [2.24, 2.45) is 7.05 Å². The van der Waals surface area contributed by atoms with Gasteiger partial charge in [0, 0.05) is 19.3 Å². The zero-order valence-corrected chi connectivity index (χ0v) is 11.0. The van der Waals surface area contributed by atoms with Crippen molar-refractivity contribution in [3.05, 3.63) is 48.2 Å². The number of anilines is 1. The average Bonchev–Trinajstić information content (AvgIpc) is 2.88. The number of benzene rings is 1. The van der Waals surface area contributed by atoms with Gasteiger partial charge in [0.1, 0.15) is 12.6 Å². The van der Waals surface area contributed by atoms with Crippen LogP contribution in [-0.4, -0.2) is 28.1 Å². The van der Waals surface area contributed by atoms with E-state index in [4.69, 9.17) is 0 Å². The van der Waals surface area contributed by atoms with Crippen molar-refractivity contribution in [1.82, 2.24) is 15.1 Å². The first-order valence-corrected chi connectivity index (χ1v) is 6.30. The summed E-state index contributed by atoms with van der Waals surface area (Å²) < 4.78 is 1.60. The largest absolute Gasteiger partial charge is 0.339 e. The van der Waals surface area contributed by atoms with Crippen LogP contribution < -0.4 is 10.2 Å². The van der Waals surface area contributed by atoms with Gasteiger partial charge < -0.3 is 5.32 Å². The number of nitrogens with zero attached hydrogens (tertiary/aromatic N) is 3. The summed E-state index contributed by atoms with van der Waals surface area (Å²) in [6.45, 7) is -0.000813. The Morgan fingerprint density at radius 1 is 1.20 bits per heavy atom. The molecule has 0 bridgehead atoms. The van der Waals surface area contributed by atoms with Crippen molar-refractivity contribution in [2.75, 3.05) is 11.4 Å². The summed E-state index contributed by atoms with van der Waals surface area (Å²) in [5, 5.41) is 6.91. The molecular formula is C14H14N4O2. The molecule has 2 heterocycles. The quantitative estimate of drug-likeness (QED) is 0.870. The van der Waals surface area contributed by atoms with E-state index in [0.29, 0.717) is 5.82 Å². The Bertz CT molecular complexity index is 650. The Hall–Kier alpha value is -2.63. The van der Waals surface area contributed by atoms with Crippen molar-refractivity contribution in [1.29, 1.82) is 0 Å². The van der Waals surface area contributed by atoms with Gasteiger partial charge in [0.15, 0.2) is 5.82 Å². The van der Waals surface area contributed by atoms with Crippen LogP contribution in [0.2, 0.25) is 0 Å². The van der Waals surface area contributed by atoms with Crippen molar-refractivity contribution in [3.63, 3.8) is 0 Å². The lowest BCUT2D eigenvalue weighted by Gasteiger charge is -2.31. The van der Waals surface area contributed by atoms with Crippen LogP contribution in [0.5, 0.6) is 0 Å². The molecule has 0 saturated carbocycles. The Balaban J connectivity index is 1.94. The molecule has 1 saturated heterocycles. The normalized spacial score (nSPS) is 19.1. The van der Waals surface area contributed by atoms with Gasteiger partial charge in [-0.15, -0.1) is 0 Å². The van der Waals surface area contributed by atoms with Gasteiger partial charge in [-0.1, -0.05) is 30.3 Å². The van der Waals surface area contributed by atoms with Crippen LogP contribution in [0.4, 0.5) is 5.82 Å². The first kappa shape index (κ1) is 12.4. The second-order valence-electron chi connectivity index (χ2n) is 4.68. The van der Waals surface area contributed by atoms with Gasteiger partial charge in [-0.3, -0.25) is 19.2 Å². The molecule has 1 atom stereocenters. The standard InChI is InChI=1S/C14H14N4O2/c1-17-8-7-11(16-17)18-9-12(19)15-13(14(18)20)10-5-3-2-4-6-10/h2-8,13H,9H2,1H3,(H,15,19). The summed E-state index contributed by atoms with van der Waals surface area (Å²) >= 11 is 0. The van der Waals surface area contributed by atoms with Crippen LogP contribution in [0.15, 0.2) is 42.6 Å². The number of hydrogen-bond donors (Lipinski definition) is 1. The zero-order valence-electron chi connectivity index (χ0n) is 11.0. The molecule has 20 heavy (non-hydrogen) atoms. The number of amides is 2. The predicted octanol–water partition coefficient (Wildman–Crippen LogP) is 0.624. The van der Waals surface area contributed by atoms with Crippen molar-refractivity contribution in [3.8, 4) is 0 Å². The molecule has 1 fully saturated rings. The van der Waals surface area contributed by atoms with Crippen molar-refractivity contribution in [2.45, 2.75) is 6.04 Å². The number of carbonyl (C=O) groups is 2. The summed E-state index contributed by atoms with van der Waals surface area (Å²) in [6.07, 6.45) is 1.74. The molecule has 1 unspecified atom stereocenters. The highest BCUT2D eigenvalue weighted by Crippen LogP contribution is 2.22. The minimum Gasteiger partial charge on any atom is -0.339 e. The lowest BCUT2D eigenvalue weighted by molar-refractivity contribution is -0.131. The Morgan fingerprint density at radius 2 is 1.95 bits per heavy atom. The summed E-state index contributed by atoms with van der Waals surface area (Å²) in [7, 11) is 1.77. The highest BCUT2D eigenvalue weighted by Gasteiger charge is 2.35. The van der Waals surface area contributed by atoms with Crippen molar-refractivity contribution < 1.29 is 9.59 Å². The van der Waals surface area contributed by atoms with Crippen LogP contribution in [0.25, 0.3) is 0 Å². The van der Waals surface area contributed by atoms with Crippen molar-refractivity contribution >= 4 is 17.6 Å². The molecule has 2 aromatic rings. The van der Waals surface area contributed by atoms with Gasteiger partial charge in [-0.05, 0) is 5.56 Å². The second-order valence-corrected chi connectivity index (χ2v) is 4.68. The number of aryl methyl sites for hydroxylation is 1. The van der Waals surface area contributed by atoms with Gasteiger partial charge in [0.05, 0.1) is 0 Å². The molecule has 1 N–H and O–H groups in total. The number of piperazine rings is 1. The van der Waals surface area contributed by atoms with E-state index in [-0.39, 0.29) is 18.4 Å². The van der Waals surface area contributed by atoms with E-state index in [1.807, 2.05) is 30.3 Å². The fraction of sp³-hybridized carbons (Fsp3) is 0.214. The second kappa shape index (κ2) is 4.80. The summed E-state index contributed by atoms with van der Waals surface area (Å²) in [5.41, 5.74) is 0.770. The van der Waals surface area contributed by atoms with Gasteiger partial charge in [-0.25, -0.2) is 0 Å². The average molecular weight is 270 g/mol. The third-order valence-electron chi connectivity index (χ3n) is 3.23. The summed E-state index contributed by atoms with van der Waals surface area (Å²) in [4.78, 5) is 25.8. The molecule has 0 spiro atoms. The predicted molar refractivity (Wildman–Crippen MR) is 72.9 cm³/mol. The van der Waals surface area contributed by atoms with Gasteiger partial charge in [0.2, 0.25) is 5.91 Å². The molecule has 1 aromatic carbocycles. The first-order valence-electron chi connectivity index (χ1n) is 6.30. The van der Waals surface area contributed by atoms with Gasteiger partial charge >= 0.3 is 0 Å². The molecular weight excluding hydrogens is 256 g/mol. The molecule has 1 aliphatic heterocycles. The number of carbonyl (C=O) groups excluding carboxylic acids is 2. The van der Waals surface area contributed by atoms with Gasteiger partial charge in [0.25, 0.3) is 5.91 Å². The SMILES string of the molecule is Cn1ccc(N2CC(=O)NC(c3ccccc3)C2=O)n1. The number of hydrogen-bond acceptors (Lipinski definition) is 3. The van der Waals surface area contributed by atoms with E-state index in [9.17, 15) is 9.59 Å². The van der Waals surface area contributed by atoms with Crippen LogP contribution in [-0.2, 0) is 16.6 Å². The van der Waals surface area contributed by atoms with Gasteiger partial charge in [-0.2, -0.15) is 5.10 Å².